The van der Waals surface area contributed by atoms with E-state index in [1.165, 1.54) is 25.7 Å². The standard InChI is InChI=1S/C28H30BrN3O4/c1-18-10-9-13-23(32-14-7-4-8-15-32)25(18)26(19-11-5-3-6-12-19)31-28(35)30-22-17-24(36-2)20(27(33)34)16-21(22)29/h3,5-6,9-13,16-17,26H,4,7-8,14-15H2,1-2H3,(H,33,34)(H2,30,31,35). The molecule has 3 N–H and O–H groups in total. The van der Waals surface area contributed by atoms with E-state index in [0.29, 0.717) is 10.2 Å². The number of aryl methyl sites for hydroxylation is 1. The third kappa shape index (κ3) is 5.65. The molecule has 1 fully saturated rings. The summed E-state index contributed by atoms with van der Waals surface area (Å²) in [5.41, 5.74) is 4.68. The molecule has 1 saturated heterocycles. The molecule has 8 heteroatoms. The number of piperidine rings is 1. The highest BCUT2D eigenvalue weighted by Gasteiger charge is 2.25. The number of anilines is 2. The molecule has 3 aromatic rings. The average Bonchev–Trinajstić information content (AvgIpc) is 2.89. The van der Waals surface area contributed by atoms with Crippen molar-refractivity contribution in [1.29, 1.82) is 0 Å². The number of urea groups is 1. The first-order valence-electron chi connectivity index (χ1n) is 12.0. The quantitative estimate of drug-likeness (QED) is 0.317. The van der Waals surface area contributed by atoms with Crippen LogP contribution in [0, 0.1) is 6.92 Å². The minimum atomic E-state index is -1.11. The maximum absolute atomic E-state index is 13.3. The summed E-state index contributed by atoms with van der Waals surface area (Å²) in [4.78, 5) is 27.3. The summed E-state index contributed by atoms with van der Waals surface area (Å²) in [6.45, 7) is 4.06. The second-order valence-corrected chi connectivity index (χ2v) is 9.69. The highest BCUT2D eigenvalue weighted by molar-refractivity contribution is 9.10. The molecule has 4 rings (SSSR count). The Hall–Kier alpha value is -3.52. The first-order valence-corrected chi connectivity index (χ1v) is 12.8. The number of carbonyl (C=O) groups excluding carboxylic acids is 1. The number of nitrogens with zero attached hydrogens (tertiary/aromatic N) is 1. The summed E-state index contributed by atoms with van der Waals surface area (Å²) in [7, 11) is 1.39. The van der Waals surface area contributed by atoms with Crippen LogP contribution in [0.5, 0.6) is 5.75 Å². The lowest BCUT2D eigenvalue weighted by Gasteiger charge is -2.34. The molecule has 1 aliphatic heterocycles. The van der Waals surface area contributed by atoms with Gasteiger partial charge in [-0.25, -0.2) is 9.59 Å². The third-order valence-corrected chi connectivity index (χ3v) is 7.12. The minimum absolute atomic E-state index is 0.00331. The van der Waals surface area contributed by atoms with E-state index in [-0.39, 0.29) is 17.4 Å². The fraction of sp³-hybridized carbons (Fsp3) is 0.286. The topological polar surface area (TPSA) is 90.9 Å². The van der Waals surface area contributed by atoms with Crippen molar-refractivity contribution in [2.45, 2.75) is 32.2 Å². The van der Waals surface area contributed by atoms with E-state index in [1.54, 1.807) is 0 Å². The largest absolute Gasteiger partial charge is 0.496 e. The predicted molar refractivity (Wildman–Crippen MR) is 145 cm³/mol. The number of carboxylic acids is 1. The van der Waals surface area contributed by atoms with Crippen LogP contribution in [0.3, 0.4) is 0 Å². The summed E-state index contributed by atoms with van der Waals surface area (Å²) in [5, 5.41) is 15.4. The van der Waals surface area contributed by atoms with Crippen molar-refractivity contribution in [3.8, 4) is 5.75 Å². The highest BCUT2D eigenvalue weighted by Crippen LogP contribution is 2.36. The van der Waals surface area contributed by atoms with Gasteiger partial charge in [0.05, 0.1) is 18.8 Å². The Labute approximate surface area is 219 Å². The molecule has 1 unspecified atom stereocenters. The van der Waals surface area contributed by atoms with E-state index >= 15 is 0 Å². The van der Waals surface area contributed by atoms with Crippen LogP contribution in [0.15, 0.2) is 65.1 Å². The Morgan fingerprint density at radius 2 is 1.75 bits per heavy atom. The van der Waals surface area contributed by atoms with Crippen LogP contribution in [0.4, 0.5) is 16.2 Å². The van der Waals surface area contributed by atoms with Gasteiger partial charge in [0.15, 0.2) is 0 Å². The van der Waals surface area contributed by atoms with Gasteiger partial charge in [0.25, 0.3) is 0 Å². The van der Waals surface area contributed by atoms with Crippen LogP contribution >= 0.6 is 15.9 Å². The Morgan fingerprint density at radius 3 is 2.42 bits per heavy atom. The second kappa shape index (κ2) is 11.5. The van der Waals surface area contributed by atoms with Gasteiger partial charge in [-0.3, -0.25) is 0 Å². The summed E-state index contributed by atoms with van der Waals surface area (Å²) in [6, 6.07) is 18.3. The normalized spacial score (nSPS) is 14.1. The van der Waals surface area contributed by atoms with Crippen molar-refractivity contribution in [1.82, 2.24) is 5.32 Å². The van der Waals surface area contributed by atoms with Gasteiger partial charge in [-0.05, 0) is 65.4 Å². The molecule has 3 aromatic carbocycles. The summed E-state index contributed by atoms with van der Waals surface area (Å²) in [5.74, 6) is -0.954. The van der Waals surface area contributed by atoms with Gasteiger partial charge in [0, 0.05) is 34.9 Å². The molecule has 1 atom stereocenters. The maximum atomic E-state index is 13.3. The number of halogens is 1. The summed E-state index contributed by atoms with van der Waals surface area (Å²) < 4.78 is 5.67. The van der Waals surface area contributed by atoms with Gasteiger partial charge < -0.3 is 25.4 Å². The number of amides is 2. The maximum Gasteiger partial charge on any atom is 0.339 e. The number of hydrogen-bond donors (Lipinski definition) is 3. The zero-order chi connectivity index (χ0) is 25.7. The first kappa shape index (κ1) is 25.6. The number of carboxylic acid groups (broad SMARTS) is 1. The lowest BCUT2D eigenvalue weighted by atomic mass is 9.92. The fourth-order valence-corrected chi connectivity index (χ4v) is 5.14. The van der Waals surface area contributed by atoms with Crippen LogP contribution in [-0.4, -0.2) is 37.3 Å². The highest BCUT2D eigenvalue weighted by atomic mass is 79.9. The number of nitrogens with one attached hydrogen (secondary N) is 2. The number of hydrogen-bond acceptors (Lipinski definition) is 4. The van der Waals surface area contributed by atoms with Crippen molar-refractivity contribution >= 4 is 39.3 Å². The SMILES string of the molecule is COc1cc(NC(=O)NC(c2ccccc2)c2c(C)cccc2N2CCCCC2)c(Br)cc1C(=O)O. The van der Waals surface area contributed by atoms with Gasteiger partial charge in [0.2, 0.25) is 0 Å². The molecule has 188 valence electrons. The van der Waals surface area contributed by atoms with Crippen LogP contribution in [0.1, 0.15) is 52.4 Å². The smallest absolute Gasteiger partial charge is 0.339 e. The lowest BCUT2D eigenvalue weighted by molar-refractivity contribution is 0.0693. The Bertz CT molecular complexity index is 1240. The van der Waals surface area contributed by atoms with Crippen molar-refractivity contribution in [2.24, 2.45) is 0 Å². The first-order chi connectivity index (χ1) is 17.4. The lowest BCUT2D eigenvalue weighted by Crippen LogP contribution is -2.36. The Balaban J connectivity index is 1.68. The van der Waals surface area contributed by atoms with Crippen molar-refractivity contribution < 1.29 is 19.4 Å². The zero-order valence-electron chi connectivity index (χ0n) is 20.4. The van der Waals surface area contributed by atoms with E-state index in [0.717, 1.165) is 48.3 Å². The number of aromatic carboxylic acids is 1. The molecule has 0 aliphatic carbocycles. The summed E-state index contributed by atoms with van der Waals surface area (Å²) in [6.07, 6.45) is 3.54. The average molecular weight is 552 g/mol. The molecule has 0 spiro atoms. The predicted octanol–water partition coefficient (Wildman–Crippen LogP) is 6.37. The van der Waals surface area contributed by atoms with E-state index < -0.39 is 12.0 Å². The van der Waals surface area contributed by atoms with Gasteiger partial charge in [-0.2, -0.15) is 0 Å². The Morgan fingerprint density at radius 1 is 1.03 bits per heavy atom. The van der Waals surface area contributed by atoms with E-state index in [9.17, 15) is 14.7 Å². The van der Waals surface area contributed by atoms with Crippen LogP contribution in [-0.2, 0) is 0 Å². The van der Waals surface area contributed by atoms with Crippen LogP contribution in [0.25, 0.3) is 0 Å². The van der Waals surface area contributed by atoms with Gasteiger partial charge >= 0.3 is 12.0 Å². The number of benzene rings is 3. The number of ether oxygens (including phenoxy) is 1. The number of carbonyl (C=O) groups is 2. The zero-order valence-corrected chi connectivity index (χ0v) is 22.0. The number of methoxy groups -OCH3 is 1. The third-order valence-electron chi connectivity index (χ3n) is 6.46. The molecule has 2 amide bonds. The van der Waals surface area contributed by atoms with Crippen LogP contribution in [0.2, 0.25) is 0 Å². The molecule has 1 aliphatic rings. The van der Waals surface area contributed by atoms with E-state index in [2.05, 4.69) is 56.6 Å². The van der Waals surface area contributed by atoms with Crippen molar-refractivity contribution in [2.75, 3.05) is 30.4 Å². The minimum Gasteiger partial charge on any atom is -0.496 e. The molecule has 0 bridgehead atoms. The van der Waals surface area contributed by atoms with Gasteiger partial charge in [0.1, 0.15) is 11.3 Å². The second-order valence-electron chi connectivity index (χ2n) is 8.84. The molecule has 7 nitrogen and oxygen atoms in total. The number of rotatable bonds is 7. The van der Waals surface area contributed by atoms with Crippen molar-refractivity contribution in [3.05, 3.63) is 87.4 Å². The van der Waals surface area contributed by atoms with Gasteiger partial charge in [-0.15, -0.1) is 0 Å². The molecule has 0 radical (unpaired) electrons. The van der Waals surface area contributed by atoms with Crippen molar-refractivity contribution in [3.63, 3.8) is 0 Å². The molecular formula is C28H30BrN3O4. The molecule has 0 saturated carbocycles. The monoisotopic (exact) mass is 551 g/mol. The van der Waals surface area contributed by atoms with E-state index in [1.807, 2.05) is 30.3 Å². The fourth-order valence-electron chi connectivity index (χ4n) is 4.69. The van der Waals surface area contributed by atoms with E-state index in [4.69, 9.17) is 4.74 Å². The Kier molecular flexibility index (Phi) is 8.15. The van der Waals surface area contributed by atoms with Gasteiger partial charge in [-0.1, -0.05) is 42.5 Å². The summed E-state index contributed by atoms with van der Waals surface area (Å²) >= 11 is 3.37. The molecule has 36 heavy (non-hydrogen) atoms. The molecule has 1 heterocycles. The molecule has 0 aromatic heterocycles. The molecular weight excluding hydrogens is 522 g/mol. The van der Waals surface area contributed by atoms with Crippen LogP contribution < -0.4 is 20.3 Å².